The molecule has 1 aromatic rings. The molecule has 1 aromatic carbocycles. The Balaban J connectivity index is 0.00000156. The maximum Gasteiger partial charge on any atom is 0.161 e. The van der Waals surface area contributed by atoms with E-state index in [1.54, 1.807) is 14.2 Å². The molecular weight excluding hydrogens is 363 g/mol. The molecule has 1 N–H and O–H groups in total. The Kier molecular flexibility index (Phi) is 9.90. The van der Waals surface area contributed by atoms with Crippen molar-refractivity contribution in [1.82, 2.24) is 10.2 Å². The Labute approximate surface area is 163 Å². The molecule has 0 saturated carbocycles. The molecule has 0 radical (unpaired) electrons. The second-order valence-corrected chi connectivity index (χ2v) is 6.30. The topological polar surface area (TPSA) is 43.0 Å². The van der Waals surface area contributed by atoms with Gasteiger partial charge in [0.25, 0.3) is 0 Å². The van der Waals surface area contributed by atoms with Crippen LogP contribution in [0.25, 0.3) is 0 Å². The molecule has 0 bridgehead atoms. The molecule has 7 heteroatoms. The van der Waals surface area contributed by atoms with Gasteiger partial charge in [0.05, 0.1) is 14.2 Å². The second-order valence-electron chi connectivity index (χ2n) is 6.30. The van der Waals surface area contributed by atoms with Crippen molar-refractivity contribution in [2.75, 3.05) is 53.6 Å². The average Bonchev–Trinajstić information content (AvgIpc) is 2.63. The summed E-state index contributed by atoms with van der Waals surface area (Å²) in [7, 11) is 3.39. The number of methoxy groups -OCH3 is 2. The predicted molar refractivity (Wildman–Crippen MR) is 105 cm³/mol. The fourth-order valence-corrected chi connectivity index (χ4v) is 3.81. The van der Waals surface area contributed by atoms with Crippen LogP contribution in [-0.2, 0) is 4.74 Å². The first-order valence-corrected chi connectivity index (χ1v) is 8.58. The molecule has 0 amide bonds. The van der Waals surface area contributed by atoms with Gasteiger partial charge in [0.2, 0.25) is 0 Å². The fourth-order valence-electron chi connectivity index (χ4n) is 3.81. The summed E-state index contributed by atoms with van der Waals surface area (Å²) in [6, 6.07) is 6.81. The summed E-state index contributed by atoms with van der Waals surface area (Å²) in [6.45, 7) is 6.06. The minimum Gasteiger partial charge on any atom is -0.493 e. The van der Waals surface area contributed by atoms with Crippen molar-refractivity contribution in [3.8, 4) is 11.5 Å². The summed E-state index contributed by atoms with van der Waals surface area (Å²) >= 11 is 0. The second kappa shape index (κ2) is 11.1. The third kappa shape index (κ3) is 5.38. The van der Waals surface area contributed by atoms with Gasteiger partial charge in [0.1, 0.15) is 0 Å². The summed E-state index contributed by atoms with van der Waals surface area (Å²) in [5, 5.41) is 3.45. The van der Waals surface area contributed by atoms with E-state index in [9.17, 15) is 0 Å². The van der Waals surface area contributed by atoms with Crippen LogP contribution < -0.4 is 14.8 Å². The van der Waals surface area contributed by atoms with E-state index in [0.29, 0.717) is 12.0 Å². The molecule has 5 nitrogen and oxygen atoms in total. The van der Waals surface area contributed by atoms with Gasteiger partial charge in [-0.3, -0.25) is 4.90 Å². The third-order valence-electron chi connectivity index (χ3n) is 5.01. The monoisotopic (exact) mass is 392 g/mol. The van der Waals surface area contributed by atoms with E-state index in [1.807, 2.05) is 6.07 Å². The maximum atomic E-state index is 5.58. The number of halogens is 2. The number of rotatable bonds is 5. The largest absolute Gasteiger partial charge is 0.493 e. The van der Waals surface area contributed by atoms with Crippen LogP contribution in [-0.4, -0.2) is 58.5 Å². The lowest BCUT2D eigenvalue weighted by molar-refractivity contribution is 0.0212. The first-order chi connectivity index (χ1) is 11.3. The van der Waals surface area contributed by atoms with Gasteiger partial charge in [0, 0.05) is 45.4 Å². The first-order valence-electron chi connectivity index (χ1n) is 8.58. The number of piperazine rings is 1. The van der Waals surface area contributed by atoms with E-state index < -0.39 is 0 Å². The normalized spacial score (nSPS) is 20.1. The van der Waals surface area contributed by atoms with Crippen molar-refractivity contribution in [2.45, 2.75) is 18.9 Å². The van der Waals surface area contributed by atoms with Crippen molar-refractivity contribution in [3.63, 3.8) is 0 Å². The van der Waals surface area contributed by atoms with Crippen LogP contribution >= 0.6 is 24.8 Å². The van der Waals surface area contributed by atoms with E-state index in [4.69, 9.17) is 14.2 Å². The Morgan fingerprint density at radius 1 is 1.04 bits per heavy atom. The summed E-state index contributed by atoms with van der Waals surface area (Å²) < 4.78 is 16.5. The zero-order valence-electron chi connectivity index (χ0n) is 15.0. The average molecular weight is 393 g/mol. The van der Waals surface area contributed by atoms with Crippen molar-refractivity contribution in [2.24, 2.45) is 5.92 Å². The SMILES string of the molecule is COc1ccc([C@H](C2CCOCC2)N2CCNCC2)cc1OC.Cl.Cl. The Morgan fingerprint density at radius 2 is 1.68 bits per heavy atom. The Hall–Kier alpha value is -0.720. The smallest absolute Gasteiger partial charge is 0.161 e. The number of benzene rings is 1. The van der Waals surface area contributed by atoms with Crippen LogP contribution in [0.5, 0.6) is 11.5 Å². The molecule has 0 aromatic heterocycles. The maximum absolute atomic E-state index is 5.58. The van der Waals surface area contributed by atoms with E-state index in [2.05, 4.69) is 22.3 Å². The number of hydrogen-bond donors (Lipinski definition) is 1. The van der Waals surface area contributed by atoms with Crippen molar-refractivity contribution < 1.29 is 14.2 Å². The molecule has 1 atom stereocenters. The highest BCUT2D eigenvalue weighted by Gasteiger charge is 2.31. The molecule has 2 saturated heterocycles. The number of hydrogen-bond acceptors (Lipinski definition) is 5. The zero-order chi connectivity index (χ0) is 16.1. The molecule has 2 heterocycles. The number of nitrogens with one attached hydrogen (secondary N) is 1. The van der Waals surface area contributed by atoms with Gasteiger partial charge in [-0.05, 0) is 36.5 Å². The van der Waals surface area contributed by atoms with Crippen molar-refractivity contribution in [3.05, 3.63) is 23.8 Å². The van der Waals surface area contributed by atoms with E-state index in [1.165, 1.54) is 5.56 Å². The van der Waals surface area contributed by atoms with Gasteiger partial charge in [0.15, 0.2) is 11.5 Å². The lowest BCUT2D eigenvalue weighted by Crippen LogP contribution is -2.47. The minimum atomic E-state index is 0. The van der Waals surface area contributed by atoms with Gasteiger partial charge < -0.3 is 19.5 Å². The van der Waals surface area contributed by atoms with Crippen molar-refractivity contribution >= 4 is 24.8 Å². The molecule has 0 unspecified atom stereocenters. The minimum absolute atomic E-state index is 0. The molecule has 0 aliphatic carbocycles. The third-order valence-corrected chi connectivity index (χ3v) is 5.01. The van der Waals surface area contributed by atoms with Gasteiger partial charge in [-0.25, -0.2) is 0 Å². The predicted octanol–water partition coefficient (Wildman–Crippen LogP) is 2.92. The highest BCUT2D eigenvalue weighted by molar-refractivity contribution is 5.85. The van der Waals surface area contributed by atoms with Gasteiger partial charge in [-0.15, -0.1) is 24.8 Å². The lowest BCUT2D eigenvalue weighted by atomic mass is 9.85. The van der Waals surface area contributed by atoms with Crippen LogP contribution in [0.2, 0.25) is 0 Å². The lowest BCUT2D eigenvalue weighted by Gasteiger charge is -2.41. The molecule has 25 heavy (non-hydrogen) atoms. The highest BCUT2D eigenvalue weighted by atomic mass is 35.5. The van der Waals surface area contributed by atoms with Gasteiger partial charge >= 0.3 is 0 Å². The summed E-state index contributed by atoms with van der Waals surface area (Å²) in [6.07, 6.45) is 2.26. The van der Waals surface area contributed by atoms with Crippen LogP contribution in [0, 0.1) is 5.92 Å². The highest BCUT2D eigenvalue weighted by Crippen LogP contribution is 2.38. The van der Waals surface area contributed by atoms with Gasteiger partial charge in [-0.1, -0.05) is 6.07 Å². The van der Waals surface area contributed by atoms with Crippen LogP contribution in [0.15, 0.2) is 18.2 Å². The van der Waals surface area contributed by atoms with E-state index in [0.717, 1.165) is 63.7 Å². The zero-order valence-corrected chi connectivity index (χ0v) is 16.7. The Bertz CT molecular complexity index is 489. The van der Waals surface area contributed by atoms with Crippen LogP contribution in [0.1, 0.15) is 24.4 Å². The summed E-state index contributed by atoms with van der Waals surface area (Å²) in [5.74, 6) is 2.25. The molecular formula is C18H30Cl2N2O3. The Morgan fingerprint density at radius 3 is 2.28 bits per heavy atom. The summed E-state index contributed by atoms with van der Waals surface area (Å²) in [4.78, 5) is 2.62. The van der Waals surface area contributed by atoms with E-state index in [-0.39, 0.29) is 24.8 Å². The molecule has 2 aliphatic rings. The molecule has 144 valence electrons. The fraction of sp³-hybridized carbons (Fsp3) is 0.667. The molecule has 2 aliphatic heterocycles. The van der Waals surface area contributed by atoms with Crippen LogP contribution in [0.3, 0.4) is 0 Å². The van der Waals surface area contributed by atoms with E-state index >= 15 is 0 Å². The van der Waals surface area contributed by atoms with Crippen LogP contribution in [0.4, 0.5) is 0 Å². The molecule has 0 spiro atoms. The number of ether oxygens (including phenoxy) is 3. The first kappa shape index (κ1) is 22.3. The van der Waals surface area contributed by atoms with Gasteiger partial charge in [-0.2, -0.15) is 0 Å². The molecule has 2 fully saturated rings. The molecule has 3 rings (SSSR count). The van der Waals surface area contributed by atoms with Crippen molar-refractivity contribution in [1.29, 1.82) is 0 Å². The number of nitrogens with zero attached hydrogens (tertiary/aromatic N) is 1. The quantitative estimate of drug-likeness (QED) is 0.834. The summed E-state index contributed by atoms with van der Waals surface area (Å²) in [5.41, 5.74) is 1.33. The standard InChI is InChI=1S/C18H28N2O3.2ClH/c1-21-16-4-3-15(13-17(16)22-2)18(14-5-11-23-12-6-14)20-9-7-19-8-10-20;;/h3-4,13-14,18-19H,5-12H2,1-2H3;2*1H/t18-;;/m0../s1.